The van der Waals surface area contributed by atoms with Crippen LogP contribution in [0.2, 0.25) is 0 Å². The number of benzene rings is 1. The van der Waals surface area contributed by atoms with Crippen molar-refractivity contribution in [3.8, 4) is 5.75 Å². The molecular formula is C11H14BrNO3. The third kappa shape index (κ3) is 2.20. The number of hydrogen-bond acceptors (Lipinski definition) is 3. The van der Waals surface area contributed by atoms with Crippen LogP contribution < -0.4 is 5.73 Å². The minimum Gasteiger partial charge on any atom is -0.507 e. The van der Waals surface area contributed by atoms with E-state index in [1.165, 1.54) is 0 Å². The predicted molar refractivity (Wildman–Crippen MR) is 64.7 cm³/mol. The van der Waals surface area contributed by atoms with Gasteiger partial charge in [-0.25, -0.2) is 0 Å². The number of aromatic hydroxyl groups is 1. The monoisotopic (exact) mass is 287 g/mol. The van der Waals surface area contributed by atoms with Crippen LogP contribution in [0, 0.1) is 13.8 Å². The summed E-state index contributed by atoms with van der Waals surface area (Å²) < 4.78 is 0.665. The molecule has 16 heavy (non-hydrogen) atoms. The molecule has 0 aromatic heterocycles. The highest BCUT2D eigenvalue weighted by molar-refractivity contribution is 9.10. The lowest BCUT2D eigenvalue weighted by atomic mass is 9.93. The molecule has 0 saturated heterocycles. The fraction of sp³-hybridized carbons (Fsp3) is 0.364. The zero-order chi connectivity index (χ0) is 12.5. The second-order valence-electron chi connectivity index (χ2n) is 3.69. The van der Waals surface area contributed by atoms with E-state index >= 15 is 0 Å². The van der Waals surface area contributed by atoms with E-state index in [9.17, 15) is 9.90 Å². The summed E-state index contributed by atoms with van der Waals surface area (Å²) in [5, 5.41) is 18.8. The van der Waals surface area contributed by atoms with Gasteiger partial charge in [0.2, 0.25) is 0 Å². The van der Waals surface area contributed by atoms with Gasteiger partial charge in [0.15, 0.2) is 0 Å². The summed E-state index contributed by atoms with van der Waals surface area (Å²) in [4.78, 5) is 11.0. The third-order valence-corrected chi connectivity index (χ3v) is 3.27. The number of carboxylic acid groups (broad SMARTS) is 1. The van der Waals surface area contributed by atoms with Crippen LogP contribution in [0.25, 0.3) is 0 Å². The number of aliphatic carboxylic acids is 1. The maximum Gasteiger partial charge on any atom is 0.312 e. The lowest BCUT2D eigenvalue weighted by molar-refractivity contribution is -0.138. The van der Waals surface area contributed by atoms with E-state index in [2.05, 4.69) is 15.9 Å². The molecule has 0 saturated carbocycles. The average Bonchev–Trinajstić information content (AvgIpc) is 2.20. The molecular weight excluding hydrogens is 274 g/mol. The number of aryl methyl sites for hydroxylation is 1. The van der Waals surface area contributed by atoms with Crippen LogP contribution >= 0.6 is 15.9 Å². The maximum atomic E-state index is 11.0. The highest BCUT2D eigenvalue weighted by Crippen LogP contribution is 2.35. The first-order valence-corrected chi connectivity index (χ1v) is 5.60. The van der Waals surface area contributed by atoms with Gasteiger partial charge < -0.3 is 15.9 Å². The Bertz CT molecular complexity index is 432. The second-order valence-corrected chi connectivity index (χ2v) is 4.54. The quantitative estimate of drug-likeness (QED) is 0.793. The van der Waals surface area contributed by atoms with Gasteiger partial charge in [-0.2, -0.15) is 0 Å². The molecule has 0 radical (unpaired) electrons. The van der Waals surface area contributed by atoms with E-state index in [0.717, 1.165) is 0 Å². The minimum atomic E-state index is -0.991. The van der Waals surface area contributed by atoms with Crippen LogP contribution in [-0.4, -0.2) is 22.7 Å². The summed E-state index contributed by atoms with van der Waals surface area (Å²) in [6, 6.07) is 1.70. The van der Waals surface area contributed by atoms with Gasteiger partial charge in [-0.05, 0) is 36.6 Å². The van der Waals surface area contributed by atoms with Crippen molar-refractivity contribution in [3.63, 3.8) is 0 Å². The van der Waals surface area contributed by atoms with Crippen LogP contribution in [0.5, 0.6) is 5.75 Å². The van der Waals surface area contributed by atoms with Crippen molar-refractivity contribution >= 4 is 21.9 Å². The lowest BCUT2D eigenvalue weighted by Crippen LogP contribution is -2.22. The van der Waals surface area contributed by atoms with Crippen LogP contribution in [0.15, 0.2) is 10.5 Å². The van der Waals surface area contributed by atoms with Crippen molar-refractivity contribution < 1.29 is 15.0 Å². The molecule has 0 amide bonds. The van der Waals surface area contributed by atoms with Gasteiger partial charge in [0.05, 0.1) is 5.92 Å². The Morgan fingerprint density at radius 3 is 2.56 bits per heavy atom. The Morgan fingerprint density at radius 1 is 1.56 bits per heavy atom. The van der Waals surface area contributed by atoms with Crippen molar-refractivity contribution in [1.82, 2.24) is 0 Å². The highest BCUT2D eigenvalue weighted by atomic mass is 79.9. The van der Waals surface area contributed by atoms with E-state index in [0.29, 0.717) is 21.2 Å². The van der Waals surface area contributed by atoms with Gasteiger partial charge in [-0.15, -0.1) is 0 Å². The van der Waals surface area contributed by atoms with Crippen LogP contribution in [0.4, 0.5) is 0 Å². The molecule has 5 heteroatoms. The Morgan fingerprint density at radius 2 is 2.12 bits per heavy atom. The number of carbonyl (C=O) groups is 1. The normalized spacial score (nSPS) is 12.5. The molecule has 0 fully saturated rings. The average molecular weight is 288 g/mol. The smallest absolute Gasteiger partial charge is 0.312 e. The Labute approximate surface area is 102 Å². The molecule has 4 nitrogen and oxygen atoms in total. The van der Waals surface area contributed by atoms with Crippen LogP contribution in [-0.2, 0) is 4.79 Å². The number of phenolic OH excluding ortho intramolecular Hbond substituents is 1. The number of carboxylic acids is 1. The molecule has 1 atom stereocenters. The molecule has 1 rings (SSSR count). The molecule has 0 aliphatic carbocycles. The molecule has 0 heterocycles. The SMILES string of the molecule is Cc1cc(Br)c(C(CN)C(=O)O)c(C)c1O. The van der Waals surface area contributed by atoms with E-state index in [1.54, 1.807) is 19.9 Å². The number of halogens is 1. The third-order valence-electron chi connectivity index (χ3n) is 2.62. The van der Waals surface area contributed by atoms with Gasteiger partial charge >= 0.3 is 5.97 Å². The topological polar surface area (TPSA) is 83.6 Å². The van der Waals surface area contributed by atoms with E-state index in [4.69, 9.17) is 10.8 Å². The second kappa shape index (κ2) is 4.84. The first-order valence-electron chi connectivity index (χ1n) is 4.81. The molecule has 0 spiro atoms. The van der Waals surface area contributed by atoms with Gasteiger partial charge in [0.1, 0.15) is 5.75 Å². The molecule has 1 aromatic carbocycles. The zero-order valence-electron chi connectivity index (χ0n) is 9.12. The fourth-order valence-electron chi connectivity index (χ4n) is 1.71. The maximum absolute atomic E-state index is 11.0. The van der Waals surface area contributed by atoms with Crippen molar-refractivity contribution in [1.29, 1.82) is 0 Å². The number of hydrogen-bond donors (Lipinski definition) is 3. The van der Waals surface area contributed by atoms with Crippen LogP contribution in [0.1, 0.15) is 22.6 Å². The number of rotatable bonds is 3. The Balaban J connectivity index is 3.43. The summed E-state index contributed by atoms with van der Waals surface area (Å²) in [7, 11) is 0. The highest BCUT2D eigenvalue weighted by Gasteiger charge is 2.24. The summed E-state index contributed by atoms with van der Waals surface area (Å²) in [5.74, 6) is -1.67. The fourth-order valence-corrected chi connectivity index (χ4v) is 2.63. The minimum absolute atomic E-state index is 0.00270. The predicted octanol–water partition coefficient (Wildman–Crippen LogP) is 1.90. The summed E-state index contributed by atoms with van der Waals surface area (Å²) in [6.07, 6.45) is 0. The zero-order valence-corrected chi connectivity index (χ0v) is 10.7. The van der Waals surface area contributed by atoms with Gasteiger partial charge in [0, 0.05) is 11.0 Å². The Kier molecular flexibility index (Phi) is 3.93. The molecule has 0 aliphatic heterocycles. The van der Waals surface area contributed by atoms with E-state index in [1.807, 2.05) is 0 Å². The van der Waals surface area contributed by atoms with Gasteiger partial charge in [-0.3, -0.25) is 4.79 Å². The van der Waals surface area contributed by atoms with Crippen molar-refractivity contribution in [3.05, 3.63) is 27.2 Å². The molecule has 1 aromatic rings. The van der Waals surface area contributed by atoms with Crippen molar-refractivity contribution in [2.75, 3.05) is 6.54 Å². The number of nitrogens with two attached hydrogens (primary N) is 1. The standard InChI is InChI=1S/C11H14BrNO3/c1-5-3-8(12)9(6(2)10(5)14)7(4-13)11(15)16/h3,7,14H,4,13H2,1-2H3,(H,15,16). The van der Waals surface area contributed by atoms with Gasteiger partial charge in [0.25, 0.3) is 0 Å². The van der Waals surface area contributed by atoms with Crippen molar-refractivity contribution in [2.24, 2.45) is 5.73 Å². The molecule has 0 bridgehead atoms. The van der Waals surface area contributed by atoms with E-state index in [-0.39, 0.29) is 12.3 Å². The largest absolute Gasteiger partial charge is 0.507 e. The summed E-state index contributed by atoms with van der Waals surface area (Å²) >= 11 is 3.31. The Hall–Kier alpha value is -1.07. The van der Waals surface area contributed by atoms with Gasteiger partial charge in [-0.1, -0.05) is 15.9 Å². The molecule has 1 unspecified atom stereocenters. The summed E-state index contributed by atoms with van der Waals surface area (Å²) in [6.45, 7) is 3.44. The molecule has 0 aliphatic rings. The molecule has 4 N–H and O–H groups in total. The van der Waals surface area contributed by atoms with Crippen molar-refractivity contribution in [2.45, 2.75) is 19.8 Å². The number of phenols is 1. The first kappa shape index (κ1) is 13.0. The van der Waals surface area contributed by atoms with Crippen LogP contribution in [0.3, 0.4) is 0 Å². The molecule has 88 valence electrons. The summed E-state index contributed by atoms with van der Waals surface area (Å²) in [5.41, 5.74) is 7.25. The lowest BCUT2D eigenvalue weighted by Gasteiger charge is -2.17. The first-order chi connectivity index (χ1) is 7.40. The van der Waals surface area contributed by atoms with E-state index < -0.39 is 11.9 Å².